The zero-order valence-electron chi connectivity index (χ0n) is 10.9. The summed E-state index contributed by atoms with van der Waals surface area (Å²) < 4.78 is 5.63. The van der Waals surface area contributed by atoms with Crippen LogP contribution in [-0.4, -0.2) is 12.6 Å². The third kappa shape index (κ3) is 3.47. The first-order valence-corrected chi connectivity index (χ1v) is 6.73. The standard InChI is InChI=1S/C15H23NO/c1-3-17-15-7-5-4-6-13(15)11-16-14-9-8-12(2)10-14/h4-7,12,14,16H,3,8-11H2,1-2H3. The maximum Gasteiger partial charge on any atom is 0.123 e. The lowest BCUT2D eigenvalue weighted by Crippen LogP contribution is -2.26. The minimum atomic E-state index is 0.694. The molecule has 2 heteroatoms. The molecular weight excluding hydrogens is 210 g/mol. The average molecular weight is 233 g/mol. The lowest BCUT2D eigenvalue weighted by Gasteiger charge is -2.15. The zero-order valence-corrected chi connectivity index (χ0v) is 10.9. The van der Waals surface area contributed by atoms with Crippen LogP contribution in [0.3, 0.4) is 0 Å². The molecule has 2 atom stereocenters. The molecule has 1 aromatic carbocycles. The first-order valence-electron chi connectivity index (χ1n) is 6.73. The van der Waals surface area contributed by atoms with Crippen molar-refractivity contribution >= 4 is 0 Å². The van der Waals surface area contributed by atoms with Crippen molar-refractivity contribution in [2.45, 2.75) is 45.7 Å². The normalized spacial score (nSPS) is 23.9. The molecule has 0 heterocycles. The van der Waals surface area contributed by atoms with E-state index in [1.165, 1.54) is 24.8 Å². The summed E-state index contributed by atoms with van der Waals surface area (Å²) in [6.45, 7) is 6.03. The van der Waals surface area contributed by atoms with Crippen molar-refractivity contribution in [3.8, 4) is 5.75 Å². The van der Waals surface area contributed by atoms with Gasteiger partial charge < -0.3 is 10.1 Å². The van der Waals surface area contributed by atoms with Gasteiger partial charge in [-0.25, -0.2) is 0 Å². The van der Waals surface area contributed by atoms with Crippen molar-refractivity contribution in [3.63, 3.8) is 0 Å². The largest absolute Gasteiger partial charge is 0.494 e. The highest BCUT2D eigenvalue weighted by Gasteiger charge is 2.20. The van der Waals surface area contributed by atoms with E-state index in [1.807, 2.05) is 13.0 Å². The molecule has 17 heavy (non-hydrogen) atoms. The smallest absolute Gasteiger partial charge is 0.123 e. The Morgan fingerprint density at radius 3 is 2.82 bits per heavy atom. The number of para-hydroxylation sites is 1. The monoisotopic (exact) mass is 233 g/mol. The topological polar surface area (TPSA) is 21.3 Å². The van der Waals surface area contributed by atoms with Crippen LogP contribution in [-0.2, 0) is 6.54 Å². The second-order valence-electron chi connectivity index (χ2n) is 5.04. The summed E-state index contributed by atoms with van der Waals surface area (Å²) in [5, 5.41) is 3.65. The summed E-state index contributed by atoms with van der Waals surface area (Å²) in [6, 6.07) is 9.01. The first kappa shape index (κ1) is 12.4. The molecule has 1 aromatic rings. The highest BCUT2D eigenvalue weighted by Crippen LogP contribution is 2.25. The third-order valence-corrected chi connectivity index (χ3v) is 3.55. The quantitative estimate of drug-likeness (QED) is 0.842. The van der Waals surface area contributed by atoms with E-state index in [0.29, 0.717) is 6.04 Å². The van der Waals surface area contributed by atoms with Crippen LogP contribution in [0.4, 0.5) is 0 Å². The Morgan fingerprint density at radius 1 is 1.29 bits per heavy atom. The fraction of sp³-hybridized carbons (Fsp3) is 0.600. The number of rotatable bonds is 5. The first-order chi connectivity index (χ1) is 8.29. The van der Waals surface area contributed by atoms with E-state index in [1.54, 1.807) is 0 Å². The fourth-order valence-corrected chi connectivity index (χ4v) is 2.59. The van der Waals surface area contributed by atoms with E-state index in [9.17, 15) is 0 Å². The van der Waals surface area contributed by atoms with E-state index < -0.39 is 0 Å². The maximum absolute atomic E-state index is 5.63. The van der Waals surface area contributed by atoms with E-state index in [-0.39, 0.29) is 0 Å². The molecule has 1 N–H and O–H groups in total. The summed E-state index contributed by atoms with van der Waals surface area (Å²) in [6.07, 6.45) is 4.00. The summed E-state index contributed by atoms with van der Waals surface area (Å²) in [5.41, 5.74) is 1.27. The van der Waals surface area contributed by atoms with Gasteiger partial charge in [0.25, 0.3) is 0 Å². The van der Waals surface area contributed by atoms with Gasteiger partial charge >= 0.3 is 0 Å². The maximum atomic E-state index is 5.63. The van der Waals surface area contributed by atoms with Crippen LogP contribution >= 0.6 is 0 Å². The van der Waals surface area contributed by atoms with E-state index in [4.69, 9.17) is 4.74 Å². The SMILES string of the molecule is CCOc1ccccc1CNC1CCC(C)C1. The molecule has 1 saturated carbocycles. The van der Waals surface area contributed by atoms with Gasteiger partial charge in [-0.2, -0.15) is 0 Å². The molecule has 94 valence electrons. The van der Waals surface area contributed by atoms with Gasteiger partial charge in [0.2, 0.25) is 0 Å². The Kier molecular flexibility index (Phi) is 4.43. The Hall–Kier alpha value is -1.02. The minimum Gasteiger partial charge on any atom is -0.494 e. The van der Waals surface area contributed by atoms with Crippen LogP contribution in [0.5, 0.6) is 5.75 Å². The average Bonchev–Trinajstić information content (AvgIpc) is 2.74. The van der Waals surface area contributed by atoms with Crippen molar-refractivity contribution in [2.24, 2.45) is 5.92 Å². The van der Waals surface area contributed by atoms with Gasteiger partial charge in [-0.05, 0) is 38.2 Å². The van der Waals surface area contributed by atoms with Crippen LogP contribution in [0.15, 0.2) is 24.3 Å². The molecule has 0 saturated heterocycles. The zero-order chi connectivity index (χ0) is 12.1. The second-order valence-corrected chi connectivity index (χ2v) is 5.04. The predicted octanol–water partition coefficient (Wildman–Crippen LogP) is 3.36. The fourth-order valence-electron chi connectivity index (χ4n) is 2.59. The highest BCUT2D eigenvalue weighted by molar-refractivity contribution is 5.33. The Labute approximate surface area is 104 Å². The van der Waals surface area contributed by atoms with Gasteiger partial charge in [0.05, 0.1) is 6.61 Å². The van der Waals surface area contributed by atoms with Crippen molar-refractivity contribution in [1.29, 1.82) is 0 Å². The van der Waals surface area contributed by atoms with Gasteiger partial charge in [0.15, 0.2) is 0 Å². The Morgan fingerprint density at radius 2 is 2.12 bits per heavy atom. The van der Waals surface area contributed by atoms with Crippen molar-refractivity contribution in [2.75, 3.05) is 6.61 Å². The Balaban J connectivity index is 1.89. The highest BCUT2D eigenvalue weighted by atomic mass is 16.5. The number of hydrogen-bond donors (Lipinski definition) is 1. The summed E-state index contributed by atoms with van der Waals surface area (Å²) >= 11 is 0. The number of hydrogen-bond acceptors (Lipinski definition) is 2. The number of benzene rings is 1. The van der Waals surface area contributed by atoms with Crippen LogP contribution < -0.4 is 10.1 Å². The van der Waals surface area contributed by atoms with Crippen LogP contribution in [0.25, 0.3) is 0 Å². The lowest BCUT2D eigenvalue weighted by molar-refractivity contribution is 0.334. The molecule has 1 aliphatic rings. The molecule has 0 aromatic heterocycles. The van der Waals surface area contributed by atoms with Gasteiger partial charge in [-0.1, -0.05) is 25.1 Å². The minimum absolute atomic E-state index is 0.694. The summed E-state index contributed by atoms with van der Waals surface area (Å²) in [7, 11) is 0. The molecule has 0 amide bonds. The third-order valence-electron chi connectivity index (χ3n) is 3.55. The number of nitrogens with one attached hydrogen (secondary N) is 1. The molecule has 2 rings (SSSR count). The second kappa shape index (κ2) is 6.06. The van der Waals surface area contributed by atoms with Crippen molar-refractivity contribution < 1.29 is 4.74 Å². The van der Waals surface area contributed by atoms with Gasteiger partial charge in [-0.15, -0.1) is 0 Å². The van der Waals surface area contributed by atoms with Crippen molar-refractivity contribution in [3.05, 3.63) is 29.8 Å². The molecule has 0 bridgehead atoms. The molecule has 0 spiro atoms. The molecule has 0 radical (unpaired) electrons. The van der Waals surface area contributed by atoms with Gasteiger partial charge in [-0.3, -0.25) is 0 Å². The van der Waals surface area contributed by atoms with Crippen LogP contribution in [0.1, 0.15) is 38.7 Å². The molecule has 2 nitrogen and oxygen atoms in total. The van der Waals surface area contributed by atoms with E-state index >= 15 is 0 Å². The summed E-state index contributed by atoms with van der Waals surface area (Å²) in [5.74, 6) is 1.91. The van der Waals surface area contributed by atoms with E-state index in [0.717, 1.165) is 24.8 Å². The molecule has 1 fully saturated rings. The van der Waals surface area contributed by atoms with Gasteiger partial charge in [0, 0.05) is 18.2 Å². The van der Waals surface area contributed by atoms with Gasteiger partial charge in [0.1, 0.15) is 5.75 Å². The summed E-state index contributed by atoms with van der Waals surface area (Å²) in [4.78, 5) is 0. The molecule has 0 aliphatic heterocycles. The molecule has 1 aliphatic carbocycles. The van der Waals surface area contributed by atoms with Crippen molar-refractivity contribution in [1.82, 2.24) is 5.32 Å². The Bertz CT molecular complexity index is 351. The lowest BCUT2D eigenvalue weighted by atomic mass is 10.1. The molecular formula is C15H23NO. The van der Waals surface area contributed by atoms with Crippen LogP contribution in [0.2, 0.25) is 0 Å². The predicted molar refractivity (Wildman–Crippen MR) is 71.3 cm³/mol. The van der Waals surface area contributed by atoms with Crippen LogP contribution in [0, 0.1) is 5.92 Å². The number of ether oxygens (including phenoxy) is 1. The molecule has 2 unspecified atom stereocenters. The van der Waals surface area contributed by atoms with E-state index in [2.05, 4.69) is 30.4 Å².